The van der Waals surface area contributed by atoms with Crippen LogP contribution in [0.1, 0.15) is 62.6 Å². The molecule has 0 saturated heterocycles. The summed E-state index contributed by atoms with van der Waals surface area (Å²) in [6, 6.07) is 33.3. The van der Waals surface area contributed by atoms with E-state index in [2.05, 4.69) is 0 Å². The van der Waals surface area contributed by atoms with E-state index in [0.29, 0.717) is 21.6 Å². The summed E-state index contributed by atoms with van der Waals surface area (Å²) in [6.45, 7) is 1.82. The lowest BCUT2D eigenvalue weighted by molar-refractivity contribution is 1.38. The summed E-state index contributed by atoms with van der Waals surface area (Å²) in [7, 11) is 0. The van der Waals surface area contributed by atoms with Crippen LogP contribution in [0.15, 0.2) is 65.6 Å². The highest BCUT2D eigenvalue weighted by atomic mass is 32.2. The van der Waals surface area contributed by atoms with Crippen molar-refractivity contribution in [1.29, 1.82) is 47.4 Å². The highest BCUT2D eigenvalue weighted by Gasteiger charge is 2.21. The summed E-state index contributed by atoms with van der Waals surface area (Å²) in [4.78, 5) is 2.99. The molecular formula is C40H13N9S3. The molecule has 12 heteroatoms. The van der Waals surface area contributed by atoms with Gasteiger partial charge in [0.2, 0.25) is 0 Å². The number of allylic oxidation sites excluding steroid dienone is 1. The second kappa shape index (κ2) is 14.0. The van der Waals surface area contributed by atoms with Gasteiger partial charge in [0.25, 0.3) is 0 Å². The molecule has 0 saturated carbocycles. The average molecular weight is 716 g/mol. The number of nitrogens with zero attached hydrogens (tertiary/aromatic N) is 9. The SMILES string of the molecule is C/C=C(\Sc1cc2sc(-c3cc(C#N)c(C#N)c(C#N)c3)cc2c2sc(-c3cc(C#N)c(C#N)c(C#N)c3)cc12)c1cc(C#N)c(C#N)c(C#N)c1. The van der Waals surface area contributed by atoms with Gasteiger partial charge in [0, 0.05) is 39.7 Å². The standard InChI is InChI=1S/C40H13N9S3/c1-2-35(21-3-24(12-41)32(18-47)25(4-21)13-42)50-38-11-39-30(9-36(51-39)22-5-26(14-43)33(19-48)27(6-22)15-44)40-31(38)10-37(52-40)23-7-28(16-45)34(20-49)29(8-23)17-46/h2-11H,1H3/b35-2-. The first kappa shape index (κ1) is 34.2. The average Bonchev–Trinajstić information content (AvgIpc) is 3.83. The number of rotatable bonds is 5. The zero-order valence-electron chi connectivity index (χ0n) is 26.5. The molecular weight excluding hydrogens is 703 g/mol. The smallest absolute Gasteiger partial charge is 0.102 e. The minimum atomic E-state index is 0.000448. The zero-order valence-corrected chi connectivity index (χ0v) is 29.0. The third-order valence-electron chi connectivity index (χ3n) is 8.07. The van der Waals surface area contributed by atoms with Gasteiger partial charge in [0.05, 0.1) is 50.1 Å². The van der Waals surface area contributed by atoms with Crippen LogP contribution in [-0.4, -0.2) is 0 Å². The van der Waals surface area contributed by atoms with E-state index in [9.17, 15) is 47.4 Å². The van der Waals surface area contributed by atoms with Crippen LogP contribution < -0.4 is 0 Å². The summed E-state index contributed by atoms with van der Waals surface area (Å²) in [6.07, 6.45) is 1.85. The predicted octanol–water partition coefficient (Wildman–Crippen LogP) is 9.45. The molecule has 2 heterocycles. The molecule has 0 unspecified atom stereocenters. The Balaban J connectivity index is 1.62. The molecule has 0 radical (unpaired) electrons. The topological polar surface area (TPSA) is 214 Å². The number of hydrogen-bond donors (Lipinski definition) is 0. The molecule has 6 aromatic rings. The molecule has 0 bridgehead atoms. The molecule has 0 N–H and O–H groups in total. The molecule has 6 rings (SSSR count). The number of thioether (sulfide) groups is 1. The van der Waals surface area contributed by atoms with Crippen molar-refractivity contribution in [1.82, 2.24) is 0 Å². The normalized spacial score (nSPS) is 10.4. The van der Waals surface area contributed by atoms with Crippen LogP contribution in [0.3, 0.4) is 0 Å². The Labute approximate surface area is 309 Å². The largest absolute Gasteiger partial charge is 0.192 e. The molecule has 0 fully saturated rings. The molecule has 0 aliphatic carbocycles. The fourth-order valence-electron chi connectivity index (χ4n) is 5.68. The molecule has 0 spiro atoms. The van der Waals surface area contributed by atoms with Crippen LogP contribution >= 0.6 is 34.4 Å². The highest BCUT2D eigenvalue weighted by Crippen LogP contribution is 2.49. The van der Waals surface area contributed by atoms with Crippen LogP contribution in [0, 0.1) is 102 Å². The third-order valence-corrected chi connectivity index (χ3v) is 11.7. The van der Waals surface area contributed by atoms with Crippen LogP contribution in [0.25, 0.3) is 46.0 Å². The van der Waals surface area contributed by atoms with Crippen molar-refractivity contribution in [2.75, 3.05) is 0 Å². The predicted molar refractivity (Wildman–Crippen MR) is 196 cm³/mol. The number of benzene rings is 4. The van der Waals surface area contributed by atoms with Crippen molar-refractivity contribution in [3.05, 3.63) is 116 Å². The molecule has 0 amide bonds. The second-order valence-corrected chi connectivity index (χ2v) is 14.1. The van der Waals surface area contributed by atoms with Gasteiger partial charge < -0.3 is 0 Å². The van der Waals surface area contributed by atoms with Gasteiger partial charge in [-0.2, -0.15) is 47.4 Å². The lowest BCUT2D eigenvalue weighted by atomic mass is 9.98. The molecule has 236 valence electrons. The van der Waals surface area contributed by atoms with Crippen molar-refractivity contribution < 1.29 is 0 Å². The van der Waals surface area contributed by atoms with E-state index in [1.165, 1.54) is 34.4 Å². The Hall–Kier alpha value is -7.70. The van der Waals surface area contributed by atoms with Crippen molar-refractivity contribution >= 4 is 59.5 Å². The maximum Gasteiger partial charge on any atom is 0.102 e. The number of hydrogen-bond acceptors (Lipinski definition) is 12. The van der Waals surface area contributed by atoms with E-state index in [0.717, 1.165) is 34.8 Å². The van der Waals surface area contributed by atoms with E-state index in [4.69, 9.17) is 0 Å². The van der Waals surface area contributed by atoms with Gasteiger partial charge in [0.1, 0.15) is 54.6 Å². The van der Waals surface area contributed by atoms with E-state index in [-0.39, 0.29) is 50.1 Å². The molecule has 4 aromatic carbocycles. The van der Waals surface area contributed by atoms with E-state index in [1.807, 2.05) is 85.8 Å². The van der Waals surface area contributed by atoms with Crippen molar-refractivity contribution in [3.8, 4) is 75.5 Å². The maximum absolute atomic E-state index is 9.80. The van der Waals surface area contributed by atoms with Gasteiger partial charge in [-0.3, -0.25) is 0 Å². The van der Waals surface area contributed by atoms with Crippen LogP contribution in [0.2, 0.25) is 0 Å². The lowest BCUT2D eigenvalue weighted by Crippen LogP contribution is -1.93. The van der Waals surface area contributed by atoms with Crippen LogP contribution in [0.5, 0.6) is 0 Å². The Bertz CT molecular complexity index is 2900. The highest BCUT2D eigenvalue weighted by molar-refractivity contribution is 8.08. The summed E-state index contributed by atoms with van der Waals surface area (Å²) in [5.74, 6) is 0. The van der Waals surface area contributed by atoms with Gasteiger partial charge in [-0.25, -0.2) is 0 Å². The number of thiophene rings is 2. The monoisotopic (exact) mass is 715 g/mol. The van der Waals surface area contributed by atoms with Crippen molar-refractivity contribution in [2.24, 2.45) is 0 Å². The van der Waals surface area contributed by atoms with Gasteiger partial charge in [0.15, 0.2) is 0 Å². The number of fused-ring (bicyclic) bond motifs is 3. The molecule has 2 aromatic heterocycles. The van der Waals surface area contributed by atoms with Gasteiger partial charge in [-0.1, -0.05) is 17.8 Å². The Morgan fingerprint density at radius 3 is 1.31 bits per heavy atom. The van der Waals surface area contributed by atoms with Gasteiger partial charge in [-0.05, 0) is 78.2 Å². The Morgan fingerprint density at radius 2 is 0.904 bits per heavy atom. The first-order valence-corrected chi connectivity index (χ1v) is 17.2. The molecule has 0 aliphatic rings. The van der Waals surface area contributed by atoms with Crippen molar-refractivity contribution in [2.45, 2.75) is 11.8 Å². The van der Waals surface area contributed by atoms with E-state index in [1.54, 1.807) is 36.4 Å². The summed E-state index contributed by atoms with van der Waals surface area (Å²) in [5, 5.41) is 89.1. The minimum Gasteiger partial charge on any atom is -0.192 e. The quantitative estimate of drug-likeness (QED) is 0.154. The van der Waals surface area contributed by atoms with Crippen LogP contribution in [0.4, 0.5) is 0 Å². The molecule has 0 aliphatic heterocycles. The summed E-state index contributed by atoms with van der Waals surface area (Å²) < 4.78 is 1.72. The van der Waals surface area contributed by atoms with Crippen LogP contribution in [-0.2, 0) is 0 Å². The fraction of sp³-hybridized carbons (Fsp3) is 0.0250. The van der Waals surface area contributed by atoms with E-state index < -0.39 is 0 Å². The first-order valence-electron chi connectivity index (χ1n) is 14.8. The van der Waals surface area contributed by atoms with E-state index >= 15 is 0 Å². The third kappa shape index (κ3) is 5.72. The molecule has 52 heavy (non-hydrogen) atoms. The van der Waals surface area contributed by atoms with Gasteiger partial charge >= 0.3 is 0 Å². The maximum atomic E-state index is 9.80. The zero-order chi connectivity index (χ0) is 37.1. The molecule has 9 nitrogen and oxygen atoms in total. The Morgan fingerprint density at radius 1 is 0.500 bits per heavy atom. The molecule has 0 atom stereocenters. The summed E-state index contributed by atoms with van der Waals surface area (Å²) >= 11 is 4.25. The number of nitriles is 9. The second-order valence-electron chi connectivity index (χ2n) is 10.9. The fourth-order valence-corrected chi connectivity index (χ4v) is 9.21. The first-order chi connectivity index (χ1) is 25.3. The lowest BCUT2D eigenvalue weighted by Gasteiger charge is -2.11. The summed E-state index contributed by atoms with van der Waals surface area (Å²) in [5.41, 5.74) is 2.25. The Kier molecular flexibility index (Phi) is 9.22. The van der Waals surface area contributed by atoms with Gasteiger partial charge in [-0.15, -0.1) is 22.7 Å². The minimum absolute atomic E-state index is 0.000448. The van der Waals surface area contributed by atoms with Crippen molar-refractivity contribution in [3.63, 3.8) is 0 Å².